The van der Waals surface area contributed by atoms with Gasteiger partial charge in [-0.15, -0.1) is 0 Å². The maximum Gasteiger partial charge on any atom is 0.394 e. The maximum absolute atomic E-state index is 10.9. The molecule has 0 fully saturated rings. The van der Waals surface area contributed by atoms with Crippen molar-refractivity contribution < 1.29 is 29.4 Å². The van der Waals surface area contributed by atoms with Crippen LogP contribution < -0.4 is 10.6 Å². The average Bonchev–Trinajstić information content (AvgIpc) is 2.34. The van der Waals surface area contributed by atoms with Gasteiger partial charge in [-0.2, -0.15) is 0 Å². The quantitative estimate of drug-likeness (QED) is 0.546. The first-order valence-electron chi connectivity index (χ1n) is 4.54. The van der Waals surface area contributed by atoms with Crippen molar-refractivity contribution >= 4 is 58.6 Å². The van der Waals surface area contributed by atoms with Gasteiger partial charge in [-0.3, -0.25) is 20.2 Å². The molecule has 0 radical (unpaired) electrons. The lowest BCUT2D eigenvalue weighted by Gasteiger charge is -2.08. The number of rotatable bonds is 2. The first-order valence-corrected chi connectivity index (χ1v) is 5.29. The molecule has 0 saturated carbocycles. The summed E-state index contributed by atoms with van der Waals surface area (Å²) >= 11 is 11.1. The van der Waals surface area contributed by atoms with E-state index in [1.807, 2.05) is 0 Å². The number of aromatic nitrogens is 2. The third-order valence-corrected chi connectivity index (χ3v) is 2.19. The largest absolute Gasteiger partial charge is 0.474 e. The van der Waals surface area contributed by atoms with Gasteiger partial charge < -0.3 is 10.2 Å². The zero-order valence-electron chi connectivity index (χ0n) is 9.18. The van der Waals surface area contributed by atoms with E-state index in [1.54, 1.807) is 10.6 Å². The van der Waals surface area contributed by atoms with E-state index in [-0.39, 0.29) is 0 Å². The van der Waals surface area contributed by atoms with E-state index in [1.165, 1.54) is 0 Å². The predicted octanol–water partition coefficient (Wildman–Crippen LogP) is -0.170. The summed E-state index contributed by atoms with van der Waals surface area (Å²) in [4.78, 5) is 49.5. The molecule has 4 N–H and O–H groups in total. The number of carbonyl (C=O) groups is 4. The van der Waals surface area contributed by atoms with Crippen molar-refractivity contribution in [3.63, 3.8) is 0 Å². The molecule has 2 amide bonds. The summed E-state index contributed by atoms with van der Waals surface area (Å²) in [5.41, 5.74) is 0. The van der Waals surface area contributed by atoms with Crippen molar-refractivity contribution in [2.24, 2.45) is 0 Å². The van der Waals surface area contributed by atoms with Crippen molar-refractivity contribution in [1.82, 2.24) is 9.97 Å². The van der Waals surface area contributed by atoms with Crippen LogP contribution in [0.5, 0.6) is 0 Å². The standard InChI is InChI=1S/C8H4Cl2N4O6/c9-1-3(13-5(15)7(17)18)12-4(2(10)11-1)14-6(16)8(19)20/h(H,17,18)(H,19,20)(H2,12,13,14,15,16). The van der Waals surface area contributed by atoms with E-state index >= 15 is 0 Å². The minimum absolute atomic E-state index is 0.446. The number of nitrogens with one attached hydrogen (secondary N) is 2. The van der Waals surface area contributed by atoms with Crippen molar-refractivity contribution in [2.45, 2.75) is 0 Å². The molecule has 0 spiro atoms. The van der Waals surface area contributed by atoms with Gasteiger partial charge in [-0.05, 0) is 0 Å². The van der Waals surface area contributed by atoms with Crippen LogP contribution in [-0.4, -0.2) is 43.9 Å². The van der Waals surface area contributed by atoms with E-state index in [4.69, 9.17) is 33.4 Å². The molecular formula is C8H4Cl2N4O6. The summed E-state index contributed by atoms with van der Waals surface area (Å²) in [6.07, 6.45) is 0. The zero-order valence-corrected chi connectivity index (χ0v) is 10.7. The summed E-state index contributed by atoms with van der Waals surface area (Å²) in [6.45, 7) is 0. The Morgan fingerprint density at radius 1 is 0.800 bits per heavy atom. The number of hydrogen-bond acceptors (Lipinski definition) is 6. The van der Waals surface area contributed by atoms with Gasteiger partial charge in [0, 0.05) is 0 Å². The van der Waals surface area contributed by atoms with Crippen LogP contribution in [0.4, 0.5) is 11.6 Å². The molecule has 1 aromatic heterocycles. The predicted molar refractivity (Wildman–Crippen MR) is 64.6 cm³/mol. The van der Waals surface area contributed by atoms with E-state index in [0.29, 0.717) is 0 Å². The van der Waals surface area contributed by atoms with Crippen LogP contribution in [-0.2, 0) is 19.2 Å². The van der Waals surface area contributed by atoms with Crippen LogP contribution in [0, 0.1) is 0 Å². The molecule has 0 aliphatic carbocycles. The van der Waals surface area contributed by atoms with Crippen LogP contribution in [0.2, 0.25) is 10.3 Å². The van der Waals surface area contributed by atoms with Gasteiger partial charge in [-0.25, -0.2) is 19.6 Å². The SMILES string of the molecule is O=C(O)C(=O)Nc1nc(NC(=O)C(=O)O)c(Cl)nc1Cl. The molecule has 0 aliphatic heterocycles. The number of anilines is 2. The smallest absolute Gasteiger partial charge is 0.394 e. The molecule has 0 atom stereocenters. The minimum atomic E-state index is -1.81. The summed E-state index contributed by atoms with van der Waals surface area (Å²) in [6, 6.07) is 0. The van der Waals surface area contributed by atoms with Crippen LogP contribution in [0.1, 0.15) is 0 Å². The molecule has 1 heterocycles. The third kappa shape index (κ3) is 3.76. The van der Waals surface area contributed by atoms with Crippen LogP contribution in [0.25, 0.3) is 0 Å². The van der Waals surface area contributed by atoms with E-state index < -0.39 is 45.7 Å². The number of hydrogen-bond donors (Lipinski definition) is 4. The Balaban J connectivity index is 3.09. The summed E-state index contributed by atoms with van der Waals surface area (Å²) in [7, 11) is 0. The number of carboxylic acids is 2. The maximum atomic E-state index is 10.9. The molecule has 12 heteroatoms. The first kappa shape index (κ1) is 15.6. The lowest BCUT2D eigenvalue weighted by atomic mass is 10.5. The van der Waals surface area contributed by atoms with Crippen molar-refractivity contribution in [3.8, 4) is 0 Å². The Bertz CT molecular complexity index is 570. The van der Waals surface area contributed by atoms with Gasteiger partial charge >= 0.3 is 23.8 Å². The summed E-state index contributed by atoms with van der Waals surface area (Å²) < 4.78 is 0. The fourth-order valence-corrected chi connectivity index (χ4v) is 1.27. The molecule has 1 rings (SSSR count). The van der Waals surface area contributed by atoms with Gasteiger partial charge in [-0.1, -0.05) is 23.2 Å². The highest BCUT2D eigenvalue weighted by atomic mass is 35.5. The number of carbonyl (C=O) groups excluding carboxylic acids is 2. The van der Waals surface area contributed by atoms with Crippen molar-refractivity contribution in [2.75, 3.05) is 10.6 Å². The van der Waals surface area contributed by atoms with Gasteiger partial charge in [0.1, 0.15) is 0 Å². The molecule has 0 bridgehead atoms. The lowest BCUT2D eigenvalue weighted by Crippen LogP contribution is -2.25. The number of carboxylic acid groups (broad SMARTS) is 2. The zero-order chi connectivity index (χ0) is 15.4. The second kappa shape index (κ2) is 6.12. The number of nitrogens with zero attached hydrogens (tertiary/aromatic N) is 2. The van der Waals surface area contributed by atoms with Crippen LogP contribution in [0.3, 0.4) is 0 Å². The first-order chi connectivity index (χ1) is 9.22. The van der Waals surface area contributed by atoms with Crippen LogP contribution in [0.15, 0.2) is 0 Å². The van der Waals surface area contributed by atoms with Gasteiger partial charge in [0.25, 0.3) is 0 Å². The molecule has 20 heavy (non-hydrogen) atoms. The Labute approximate surface area is 119 Å². The Kier molecular flexibility index (Phi) is 4.78. The Morgan fingerprint density at radius 2 is 1.15 bits per heavy atom. The Hall–Kier alpha value is -2.46. The highest BCUT2D eigenvalue weighted by molar-refractivity contribution is 6.40. The number of amides is 2. The average molecular weight is 323 g/mol. The molecule has 0 saturated heterocycles. The number of halogens is 2. The number of aliphatic carboxylic acids is 2. The lowest BCUT2D eigenvalue weighted by molar-refractivity contribution is -0.147. The van der Waals surface area contributed by atoms with E-state index in [0.717, 1.165) is 0 Å². The second-order valence-corrected chi connectivity index (χ2v) is 3.74. The van der Waals surface area contributed by atoms with Gasteiger partial charge in [0.15, 0.2) is 21.9 Å². The fraction of sp³-hybridized carbons (Fsp3) is 0. The normalized spacial score (nSPS) is 9.70. The monoisotopic (exact) mass is 322 g/mol. The highest BCUT2D eigenvalue weighted by Gasteiger charge is 2.20. The van der Waals surface area contributed by atoms with E-state index in [9.17, 15) is 19.2 Å². The molecule has 0 unspecified atom stereocenters. The Morgan fingerprint density at radius 3 is 1.45 bits per heavy atom. The molecule has 106 valence electrons. The molecule has 1 aromatic rings. The topological polar surface area (TPSA) is 159 Å². The molecule has 0 aliphatic rings. The summed E-state index contributed by atoms with van der Waals surface area (Å²) in [5.74, 6) is -7.56. The second-order valence-electron chi connectivity index (χ2n) is 3.02. The molecule has 10 nitrogen and oxygen atoms in total. The van der Waals surface area contributed by atoms with Crippen LogP contribution >= 0.6 is 23.2 Å². The van der Waals surface area contributed by atoms with Crippen molar-refractivity contribution in [1.29, 1.82) is 0 Å². The fourth-order valence-electron chi connectivity index (χ4n) is 0.877. The minimum Gasteiger partial charge on any atom is -0.474 e. The molecule has 0 aromatic carbocycles. The van der Waals surface area contributed by atoms with Gasteiger partial charge in [0.2, 0.25) is 0 Å². The molecular weight excluding hydrogens is 319 g/mol. The van der Waals surface area contributed by atoms with Crippen molar-refractivity contribution in [3.05, 3.63) is 10.3 Å². The highest BCUT2D eigenvalue weighted by Crippen LogP contribution is 2.25. The van der Waals surface area contributed by atoms with E-state index in [2.05, 4.69) is 9.97 Å². The van der Waals surface area contributed by atoms with Gasteiger partial charge in [0.05, 0.1) is 0 Å². The summed E-state index contributed by atoms with van der Waals surface area (Å²) in [5, 5.41) is 19.5. The third-order valence-electron chi connectivity index (χ3n) is 1.66.